The van der Waals surface area contributed by atoms with Crippen LogP contribution in [0.3, 0.4) is 0 Å². The Bertz CT molecular complexity index is 1220. The van der Waals surface area contributed by atoms with E-state index in [9.17, 15) is 9.59 Å². The summed E-state index contributed by atoms with van der Waals surface area (Å²) in [4.78, 5) is 33.9. The lowest BCUT2D eigenvalue weighted by Gasteiger charge is -2.16. The highest BCUT2D eigenvalue weighted by Gasteiger charge is 2.23. The summed E-state index contributed by atoms with van der Waals surface area (Å²) in [5, 5.41) is 3.20. The summed E-state index contributed by atoms with van der Waals surface area (Å²) in [6.45, 7) is 3.36. The van der Waals surface area contributed by atoms with E-state index in [0.29, 0.717) is 16.2 Å². The van der Waals surface area contributed by atoms with Gasteiger partial charge in [0.1, 0.15) is 24.8 Å². The number of carbonyl (C=O) groups is 2. The number of aryl methyl sites for hydroxylation is 1. The molecule has 1 aromatic heterocycles. The Morgan fingerprint density at radius 3 is 2.66 bits per heavy atom. The van der Waals surface area contributed by atoms with Gasteiger partial charge in [0.15, 0.2) is 5.82 Å². The number of hydrogen-bond donors (Lipinski definition) is 3. The molecule has 0 aliphatic carbocycles. The number of fused-ring (bicyclic) bond motifs is 1. The number of esters is 1. The molecule has 0 aliphatic heterocycles. The first-order valence-corrected chi connectivity index (χ1v) is 11.5. The fraction of sp³-hybridized carbons (Fsp3) is 0.318. The van der Waals surface area contributed by atoms with Crippen LogP contribution in [-0.4, -0.2) is 40.7 Å². The van der Waals surface area contributed by atoms with Crippen LogP contribution in [0.25, 0.3) is 11.0 Å². The minimum Gasteiger partial charge on any atom is -0.462 e. The zero-order valence-corrected chi connectivity index (χ0v) is 22.3. The predicted molar refractivity (Wildman–Crippen MR) is 138 cm³/mol. The number of rotatable bonds is 9. The molecule has 190 valence electrons. The SMILES string of the molecule is CC(C)C(N)C(=O)OCCONC(=O)c1cc2c(ncn2C)c(F)c1Nc1ccc(Br)cc1Cl.Cl. The van der Waals surface area contributed by atoms with Crippen LogP contribution < -0.4 is 16.5 Å². The molecular weight excluding hydrogens is 568 g/mol. The highest BCUT2D eigenvalue weighted by Crippen LogP contribution is 2.34. The normalized spacial score (nSPS) is 11.8. The molecule has 4 N–H and O–H groups in total. The number of nitrogens with one attached hydrogen (secondary N) is 2. The van der Waals surface area contributed by atoms with Gasteiger partial charge in [-0.05, 0) is 30.2 Å². The van der Waals surface area contributed by atoms with Gasteiger partial charge < -0.3 is 20.4 Å². The van der Waals surface area contributed by atoms with E-state index in [2.05, 4.69) is 31.7 Å². The maximum atomic E-state index is 15.4. The fourth-order valence-electron chi connectivity index (χ4n) is 2.98. The molecular formula is C22H25BrCl2FN5O4. The number of hydroxylamine groups is 1. The molecule has 9 nitrogen and oxygen atoms in total. The van der Waals surface area contributed by atoms with Gasteiger partial charge in [0, 0.05) is 11.5 Å². The summed E-state index contributed by atoms with van der Waals surface area (Å²) < 4.78 is 22.7. The van der Waals surface area contributed by atoms with Crippen molar-refractivity contribution in [3.63, 3.8) is 0 Å². The van der Waals surface area contributed by atoms with Gasteiger partial charge in [-0.25, -0.2) is 14.9 Å². The third-order valence-electron chi connectivity index (χ3n) is 4.98. The summed E-state index contributed by atoms with van der Waals surface area (Å²) in [5.74, 6) is -2.08. The summed E-state index contributed by atoms with van der Waals surface area (Å²) >= 11 is 9.58. The second-order valence-corrected chi connectivity index (χ2v) is 9.13. The maximum Gasteiger partial charge on any atom is 0.323 e. The number of hydrogen-bond acceptors (Lipinski definition) is 7. The Hall–Kier alpha value is -2.44. The third-order valence-corrected chi connectivity index (χ3v) is 5.79. The Labute approximate surface area is 221 Å². The second-order valence-electron chi connectivity index (χ2n) is 7.80. The van der Waals surface area contributed by atoms with Gasteiger partial charge in [-0.1, -0.05) is 41.4 Å². The van der Waals surface area contributed by atoms with Crippen molar-refractivity contribution in [1.82, 2.24) is 15.0 Å². The van der Waals surface area contributed by atoms with E-state index in [1.54, 1.807) is 43.7 Å². The van der Waals surface area contributed by atoms with Crippen molar-refractivity contribution in [2.75, 3.05) is 18.5 Å². The number of nitrogens with zero attached hydrogens (tertiary/aromatic N) is 2. The topological polar surface area (TPSA) is 120 Å². The van der Waals surface area contributed by atoms with Crippen molar-refractivity contribution in [3.8, 4) is 0 Å². The Morgan fingerprint density at radius 2 is 2.00 bits per heavy atom. The molecule has 3 rings (SSSR count). The van der Waals surface area contributed by atoms with Gasteiger partial charge in [0.25, 0.3) is 5.91 Å². The van der Waals surface area contributed by atoms with Gasteiger partial charge in [-0.3, -0.25) is 14.4 Å². The van der Waals surface area contributed by atoms with Crippen LogP contribution in [0, 0.1) is 11.7 Å². The molecule has 0 fully saturated rings. The smallest absolute Gasteiger partial charge is 0.323 e. The summed E-state index contributed by atoms with van der Waals surface area (Å²) in [6.07, 6.45) is 1.44. The zero-order valence-electron chi connectivity index (χ0n) is 19.1. The monoisotopic (exact) mass is 591 g/mol. The van der Waals surface area contributed by atoms with Crippen LogP contribution in [-0.2, 0) is 21.4 Å². The van der Waals surface area contributed by atoms with Crippen molar-refractivity contribution in [1.29, 1.82) is 0 Å². The standard InChI is InChI=1S/C22H24BrClFN5O4.ClH/c1-11(2)18(26)22(32)33-6-7-34-29-21(31)13-9-16-20(27-10-30(16)3)17(25)19(13)28-15-5-4-12(23)8-14(15)24;/h4-5,8-11,18,28H,6-7,26H2,1-3H3,(H,29,31);1H. The van der Waals surface area contributed by atoms with E-state index >= 15 is 4.39 Å². The first-order valence-electron chi connectivity index (χ1n) is 10.3. The van der Waals surface area contributed by atoms with Gasteiger partial charge in [-0.2, -0.15) is 0 Å². The quantitative estimate of drug-likeness (QED) is 0.190. The first kappa shape index (κ1) is 28.8. The van der Waals surface area contributed by atoms with E-state index < -0.39 is 23.7 Å². The van der Waals surface area contributed by atoms with Crippen molar-refractivity contribution in [2.24, 2.45) is 18.7 Å². The van der Waals surface area contributed by atoms with Crippen molar-refractivity contribution < 1.29 is 23.6 Å². The number of aromatic nitrogens is 2. The number of amides is 1. The van der Waals surface area contributed by atoms with E-state index in [-0.39, 0.29) is 48.3 Å². The molecule has 2 aromatic carbocycles. The number of nitrogens with two attached hydrogens (primary N) is 1. The molecule has 1 heterocycles. The lowest BCUT2D eigenvalue weighted by molar-refractivity contribution is -0.148. The van der Waals surface area contributed by atoms with Gasteiger partial charge in [-0.15, -0.1) is 12.4 Å². The Kier molecular flexibility index (Phi) is 10.3. The molecule has 3 aromatic rings. The molecule has 0 saturated carbocycles. The third kappa shape index (κ3) is 6.83. The molecule has 13 heteroatoms. The second kappa shape index (κ2) is 12.5. The van der Waals surface area contributed by atoms with Crippen molar-refractivity contribution in [3.05, 3.63) is 51.5 Å². The average molecular weight is 593 g/mol. The largest absolute Gasteiger partial charge is 0.462 e. The van der Waals surface area contributed by atoms with Crippen LogP contribution in [0.5, 0.6) is 0 Å². The molecule has 1 unspecified atom stereocenters. The van der Waals surface area contributed by atoms with Gasteiger partial charge in [0.05, 0.1) is 33.8 Å². The lowest BCUT2D eigenvalue weighted by atomic mass is 10.1. The summed E-state index contributed by atoms with van der Waals surface area (Å²) in [6, 6.07) is 5.74. The highest BCUT2D eigenvalue weighted by molar-refractivity contribution is 9.10. The number of anilines is 2. The molecule has 0 saturated heterocycles. The van der Waals surface area contributed by atoms with E-state index in [1.807, 2.05) is 0 Å². The summed E-state index contributed by atoms with van der Waals surface area (Å²) in [5.41, 5.74) is 8.69. The molecule has 1 amide bonds. The number of imidazole rings is 1. The molecule has 1 atom stereocenters. The minimum atomic E-state index is -0.748. The van der Waals surface area contributed by atoms with Crippen LogP contribution in [0.1, 0.15) is 24.2 Å². The van der Waals surface area contributed by atoms with E-state index in [1.165, 1.54) is 12.4 Å². The van der Waals surface area contributed by atoms with Gasteiger partial charge in [0.2, 0.25) is 0 Å². The average Bonchev–Trinajstić information content (AvgIpc) is 3.16. The Balaban J connectivity index is 0.00000432. The zero-order chi connectivity index (χ0) is 25.0. The summed E-state index contributed by atoms with van der Waals surface area (Å²) in [7, 11) is 1.68. The van der Waals surface area contributed by atoms with E-state index in [0.717, 1.165) is 4.47 Å². The highest BCUT2D eigenvalue weighted by atomic mass is 79.9. The lowest BCUT2D eigenvalue weighted by Crippen LogP contribution is -2.37. The van der Waals surface area contributed by atoms with Crippen molar-refractivity contribution >= 4 is 74.2 Å². The van der Waals surface area contributed by atoms with E-state index in [4.69, 9.17) is 26.9 Å². The van der Waals surface area contributed by atoms with Gasteiger partial charge >= 0.3 is 5.97 Å². The number of carbonyl (C=O) groups excluding carboxylic acids is 2. The van der Waals surface area contributed by atoms with Crippen LogP contribution in [0.15, 0.2) is 35.1 Å². The minimum absolute atomic E-state index is 0. The number of benzene rings is 2. The molecule has 0 spiro atoms. The number of halogens is 4. The first-order chi connectivity index (χ1) is 16.1. The molecule has 0 radical (unpaired) electrons. The van der Waals surface area contributed by atoms with Crippen LogP contribution in [0.2, 0.25) is 5.02 Å². The fourth-order valence-corrected chi connectivity index (χ4v) is 3.70. The molecule has 0 aliphatic rings. The maximum absolute atomic E-state index is 15.4. The van der Waals surface area contributed by atoms with Crippen molar-refractivity contribution in [2.45, 2.75) is 19.9 Å². The molecule has 35 heavy (non-hydrogen) atoms. The van der Waals surface area contributed by atoms with Crippen LogP contribution >= 0.6 is 39.9 Å². The number of ether oxygens (including phenoxy) is 1. The van der Waals surface area contributed by atoms with Crippen LogP contribution in [0.4, 0.5) is 15.8 Å². The predicted octanol–water partition coefficient (Wildman–Crippen LogP) is 4.48. The Morgan fingerprint density at radius 1 is 1.29 bits per heavy atom. The molecule has 0 bridgehead atoms.